The van der Waals surface area contributed by atoms with Crippen LogP contribution in [0.2, 0.25) is 0 Å². The summed E-state index contributed by atoms with van der Waals surface area (Å²) in [5.41, 5.74) is -0.843. The van der Waals surface area contributed by atoms with Crippen LogP contribution in [0.1, 0.15) is 40.0 Å². The van der Waals surface area contributed by atoms with E-state index in [0.717, 1.165) is 19.3 Å². The zero-order valence-corrected chi connectivity index (χ0v) is 13.7. The third-order valence-electron chi connectivity index (χ3n) is 6.17. The van der Waals surface area contributed by atoms with Gasteiger partial charge in [0.1, 0.15) is 0 Å². The molecule has 2 N–H and O–H groups in total. The Bertz CT molecular complexity index is 385. The van der Waals surface area contributed by atoms with E-state index in [-0.39, 0.29) is 23.4 Å². The predicted octanol–water partition coefficient (Wildman–Crippen LogP) is 2.35. The quantitative estimate of drug-likeness (QED) is 0.604. The average Bonchev–Trinajstić information content (AvgIpc) is 2.68. The summed E-state index contributed by atoms with van der Waals surface area (Å²) in [5, 5.41) is 21.3. The topological polar surface area (TPSA) is 58.9 Å². The molecule has 0 amide bonds. The fourth-order valence-corrected chi connectivity index (χ4v) is 4.77. The molecule has 4 heteroatoms. The average molecular weight is 298 g/mol. The summed E-state index contributed by atoms with van der Waals surface area (Å²) in [5.74, 6) is 0.504. The molecule has 2 saturated carbocycles. The first-order valence-corrected chi connectivity index (χ1v) is 8.00. The monoisotopic (exact) mass is 298 g/mol. The van der Waals surface area contributed by atoms with Crippen molar-refractivity contribution in [2.24, 2.45) is 22.7 Å². The minimum Gasteiger partial charge on any atom is -0.393 e. The first-order valence-electron chi connectivity index (χ1n) is 8.00. The van der Waals surface area contributed by atoms with Crippen molar-refractivity contribution in [1.29, 1.82) is 0 Å². The molecule has 0 aromatic heterocycles. The molecule has 0 radical (unpaired) electrons. The van der Waals surface area contributed by atoms with E-state index in [9.17, 15) is 10.2 Å². The van der Waals surface area contributed by atoms with E-state index in [1.807, 2.05) is 13.0 Å². The third-order valence-corrected chi connectivity index (χ3v) is 6.17. The van der Waals surface area contributed by atoms with Gasteiger partial charge in [0.05, 0.1) is 17.6 Å². The van der Waals surface area contributed by atoms with Gasteiger partial charge in [0.2, 0.25) is 0 Å². The lowest BCUT2D eigenvalue weighted by atomic mass is 9.61. The molecule has 0 heterocycles. The summed E-state index contributed by atoms with van der Waals surface area (Å²) in [6, 6.07) is 0. The van der Waals surface area contributed by atoms with Crippen LogP contribution in [0.3, 0.4) is 0 Å². The van der Waals surface area contributed by atoms with E-state index in [4.69, 9.17) is 9.47 Å². The highest BCUT2D eigenvalue weighted by Crippen LogP contribution is 2.63. The van der Waals surface area contributed by atoms with E-state index >= 15 is 0 Å². The van der Waals surface area contributed by atoms with E-state index in [0.29, 0.717) is 6.61 Å². The highest BCUT2D eigenvalue weighted by atomic mass is 16.7. The Morgan fingerprint density at radius 3 is 2.57 bits per heavy atom. The summed E-state index contributed by atoms with van der Waals surface area (Å²) in [7, 11) is 1.61. The number of hydrogen-bond donors (Lipinski definition) is 2. The van der Waals surface area contributed by atoms with E-state index < -0.39 is 17.8 Å². The summed E-state index contributed by atoms with van der Waals surface area (Å²) in [6.45, 7) is 10.7. The Balaban J connectivity index is 2.40. The molecule has 7 atom stereocenters. The van der Waals surface area contributed by atoms with E-state index in [1.165, 1.54) is 0 Å². The molecule has 2 aliphatic rings. The number of fused-ring (bicyclic) bond motifs is 1. The minimum absolute atomic E-state index is 0.235. The maximum absolute atomic E-state index is 11.2. The molecule has 0 aromatic rings. The number of aliphatic hydroxyl groups is 2. The standard InChI is InChI=1S/C17H30O4/c1-6-17(15(20-5)21-7-2)10-12-9-13(18)8-11(3)16(12,4)14(17)19/h6,11-15,18-19H,1,7-10H2,2-5H3. The highest BCUT2D eigenvalue weighted by Gasteiger charge is 2.64. The van der Waals surface area contributed by atoms with Crippen LogP contribution < -0.4 is 0 Å². The second-order valence-electron chi connectivity index (χ2n) is 7.04. The number of ether oxygens (including phenoxy) is 2. The Morgan fingerprint density at radius 1 is 1.38 bits per heavy atom. The molecule has 2 fully saturated rings. The minimum atomic E-state index is -0.609. The second-order valence-corrected chi connectivity index (χ2v) is 7.04. The second kappa shape index (κ2) is 5.99. The fourth-order valence-electron chi connectivity index (χ4n) is 4.77. The van der Waals surface area contributed by atoms with Crippen LogP contribution >= 0.6 is 0 Å². The van der Waals surface area contributed by atoms with Crippen molar-refractivity contribution in [1.82, 2.24) is 0 Å². The molecule has 0 spiro atoms. The summed E-state index contributed by atoms with van der Waals surface area (Å²) >= 11 is 0. The lowest BCUT2D eigenvalue weighted by molar-refractivity contribution is -0.207. The zero-order valence-electron chi connectivity index (χ0n) is 13.7. The number of rotatable bonds is 5. The first kappa shape index (κ1) is 16.9. The zero-order chi connectivity index (χ0) is 15.8. The van der Waals surface area contributed by atoms with Crippen molar-refractivity contribution < 1.29 is 19.7 Å². The van der Waals surface area contributed by atoms with Crippen molar-refractivity contribution in [2.45, 2.75) is 58.5 Å². The highest BCUT2D eigenvalue weighted by molar-refractivity contribution is 5.18. The van der Waals surface area contributed by atoms with Gasteiger partial charge in [-0.05, 0) is 38.0 Å². The summed E-state index contributed by atoms with van der Waals surface area (Å²) < 4.78 is 11.3. The number of aliphatic hydroxyl groups excluding tert-OH is 2. The molecule has 2 aliphatic carbocycles. The number of methoxy groups -OCH3 is 1. The van der Waals surface area contributed by atoms with Crippen LogP contribution in [-0.4, -0.2) is 42.4 Å². The van der Waals surface area contributed by atoms with Gasteiger partial charge in [0, 0.05) is 19.1 Å². The largest absolute Gasteiger partial charge is 0.393 e. The van der Waals surface area contributed by atoms with Crippen molar-refractivity contribution in [3.63, 3.8) is 0 Å². The van der Waals surface area contributed by atoms with Gasteiger partial charge in [-0.15, -0.1) is 6.58 Å². The van der Waals surface area contributed by atoms with Crippen LogP contribution in [0.5, 0.6) is 0 Å². The van der Waals surface area contributed by atoms with Crippen LogP contribution in [0.15, 0.2) is 12.7 Å². The Kier molecular flexibility index (Phi) is 4.84. The lowest BCUT2D eigenvalue weighted by Gasteiger charge is -2.47. The van der Waals surface area contributed by atoms with Crippen LogP contribution in [0.25, 0.3) is 0 Å². The molecular formula is C17H30O4. The van der Waals surface area contributed by atoms with Crippen molar-refractivity contribution >= 4 is 0 Å². The molecule has 0 saturated heterocycles. The SMILES string of the molecule is C=CC1(C(OC)OCC)CC2CC(O)CC(C)C2(C)C1O. The maximum Gasteiger partial charge on any atom is 0.168 e. The molecular weight excluding hydrogens is 268 g/mol. The summed E-state index contributed by atoms with van der Waals surface area (Å²) in [4.78, 5) is 0. The fraction of sp³-hybridized carbons (Fsp3) is 0.882. The van der Waals surface area contributed by atoms with Gasteiger partial charge in [-0.25, -0.2) is 0 Å². The Morgan fingerprint density at radius 2 is 2.05 bits per heavy atom. The first-order chi connectivity index (χ1) is 9.86. The van der Waals surface area contributed by atoms with Gasteiger partial charge in [-0.2, -0.15) is 0 Å². The molecule has 21 heavy (non-hydrogen) atoms. The molecule has 4 nitrogen and oxygen atoms in total. The smallest absolute Gasteiger partial charge is 0.168 e. The normalized spacial score (nSPS) is 47.9. The van der Waals surface area contributed by atoms with Gasteiger partial charge in [-0.1, -0.05) is 19.9 Å². The van der Waals surface area contributed by atoms with Crippen LogP contribution in [0, 0.1) is 22.7 Å². The van der Waals surface area contributed by atoms with Crippen LogP contribution in [0.4, 0.5) is 0 Å². The maximum atomic E-state index is 11.2. The van der Waals surface area contributed by atoms with Crippen molar-refractivity contribution in [2.75, 3.05) is 13.7 Å². The summed E-state index contributed by atoms with van der Waals surface area (Å²) in [6.07, 6.45) is 2.67. The van der Waals surface area contributed by atoms with Gasteiger partial charge >= 0.3 is 0 Å². The van der Waals surface area contributed by atoms with Crippen LogP contribution in [-0.2, 0) is 9.47 Å². The van der Waals surface area contributed by atoms with Gasteiger partial charge in [0.25, 0.3) is 0 Å². The number of hydrogen-bond acceptors (Lipinski definition) is 4. The lowest BCUT2D eigenvalue weighted by Crippen LogP contribution is -2.51. The van der Waals surface area contributed by atoms with Gasteiger partial charge in [0.15, 0.2) is 6.29 Å². The van der Waals surface area contributed by atoms with Gasteiger partial charge in [-0.3, -0.25) is 0 Å². The molecule has 0 aliphatic heterocycles. The molecule has 7 unspecified atom stereocenters. The third kappa shape index (κ3) is 2.37. The van der Waals surface area contributed by atoms with Gasteiger partial charge < -0.3 is 19.7 Å². The molecule has 2 rings (SSSR count). The molecule has 0 bridgehead atoms. The van der Waals surface area contributed by atoms with E-state index in [1.54, 1.807) is 7.11 Å². The predicted molar refractivity (Wildman–Crippen MR) is 81.7 cm³/mol. The molecule has 0 aromatic carbocycles. The van der Waals surface area contributed by atoms with Crippen molar-refractivity contribution in [3.05, 3.63) is 12.7 Å². The Hall–Kier alpha value is -0.420. The van der Waals surface area contributed by atoms with Crippen molar-refractivity contribution in [3.8, 4) is 0 Å². The Labute approximate surface area is 128 Å². The van der Waals surface area contributed by atoms with E-state index in [2.05, 4.69) is 20.4 Å². The molecule has 122 valence electrons.